The van der Waals surface area contributed by atoms with E-state index in [4.69, 9.17) is 9.73 Å². The van der Waals surface area contributed by atoms with E-state index in [1.165, 1.54) is 19.3 Å². The number of ether oxygens (including phenoxy) is 1. The predicted octanol–water partition coefficient (Wildman–Crippen LogP) is 3.28. The van der Waals surface area contributed by atoms with E-state index in [9.17, 15) is 0 Å². The van der Waals surface area contributed by atoms with Crippen molar-refractivity contribution in [2.24, 2.45) is 10.4 Å². The van der Waals surface area contributed by atoms with E-state index in [1.807, 2.05) is 22.2 Å². The highest BCUT2D eigenvalue weighted by atomic mass is 127. The number of rotatable bonds is 8. The number of fused-ring (bicyclic) bond motifs is 1. The lowest BCUT2D eigenvalue weighted by Gasteiger charge is -2.42. The first-order valence-electron chi connectivity index (χ1n) is 8.67. The van der Waals surface area contributed by atoms with E-state index in [0.29, 0.717) is 12.0 Å². The van der Waals surface area contributed by atoms with Crippen molar-refractivity contribution in [3.8, 4) is 0 Å². The SMILES string of the molecule is CCNC(=NCc1cn2ccsc2n1)NCC1(CCOC)CCC1.I. The number of nitrogens with one attached hydrogen (secondary N) is 2. The third-order valence-corrected chi connectivity index (χ3v) is 5.54. The minimum Gasteiger partial charge on any atom is -0.385 e. The number of guanidine groups is 1. The molecular formula is C17H28IN5OS. The Labute approximate surface area is 170 Å². The summed E-state index contributed by atoms with van der Waals surface area (Å²) in [6, 6.07) is 0. The summed E-state index contributed by atoms with van der Waals surface area (Å²) in [6.45, 7) is 5.33. The topological polar surface area (TPSA) is 63.0 Å². The van der Waals surface area contributed by atoms with Crippen LogP contribution >= 0.6 is 35.3 Å². The molecule has 25 heavy (non-hydrogen) atoms. The standard InChI is InChI=1S/C17H27N5OS.HI/c1-3-18-15(20-13-17(5-4-6-17)7-9-23-2)19-11-14-12-22-8-10-24-16(22)21-14;/h8,10,12H,3-7,9,11,13H2,1-2H3,(H2,18,19,20);1H. The van der Waals surface area contributed by atoms with Crippen LogP contribution in [-0.2, 0) is 11.3 Å². The van der Waals surface area contributed by atoms with Crippen molar-refractivity contribution in [2.75, 3.05) is 26.8 Å². The van der Waals surface area contributed by atoms with Crippen LogP contribution in [0, 0.1) is 5.41 Å². The first-order valence-corrected chi connectivity index (χ1v) is 9.55. The smallest absolute Gasteiger partial charge is 0.193 e. The molecule has 0 amide bonds. The summed E-state index contributed by atoms with van der Waals surface area (Å²) >= 11 is 1.64. The molecule has 1 fully saturated rings. The van der Waals surface area contributed by atoms with Crippen molar-refractivity contribution in [3.63, 3.8) is 0 Å². The molecule has 0 atom stereocenters. The molecule has 0 radical (unpaired) electrons. The normalized spacial score (nSPS) is 16.3. The molecular weight excluding hydrogens is 449 g/mol. The predicted molar refractivity (Wildman–Crippen MR) is 114 cm³/mol. The Balaban J connectivity index is 0.00000225. The molecule has 2 heterocycles. The van der Waals surface area contributed by atoms with Crippen LogP contribution in [-0.4, -0.2) is 42.2 Å². The fourth-order valence-electron chi connectivity index (χ4n) is 3.14. The summed E-state index contributed by atoms with van der Waals surface area (Å²) < 4.78 is 7.32. The molecule has 0 spiro atoms. The Morgan fingerprint density at radius 2 is 2.28 bits per heavy atom. The number of thiazole rings is 1. The molecule has 3 rings (SSSR count). The Bertz CT molecular complexity index is 651. The lowest BCUT2D eigenvalue weighted by atomic mass is 9.67. The maximum Gasteiger partial charge on any atom is 0.193 e. The highest BCUT2D eigenvalue weighted by Crippen LogP contribution is 2.43. The molecule has 1 aliphatic rings. The summed E-state index contributed by atoms with van der Waals surface area (Å²) in [4.78, 5) is 10.3. The number of nitrogens with zero attached hydrogens (tertiary/aromatic N) is 3. The monoisotopic (exact) mass is 477 g/mol. The maximum absolute atomic E-state index is 5.27. The van der Waals surface area contributed by atoms with Gasteiger partial charge in [0.25, 0.3) is 0 Å². The molecule has 0 aliphatic heterocycles. The van der Waals surface area contributed by atoms with Gasteiger partial charge in [-0.3, -0.25) is 4.40 Å². The van der Waals surface area contributed by atoms with Crippen LogP contribution < -0.4 is 10.6 Å². The third kappa shape index (κ3) is 5.30. The zero-order chi connectivity index (χ0) is 16.8. The van der Waals surface area contributed by atoms with Crippen LogP contribution in [0.5, 0.6) is 0 Å². The van der Waals surface area contributed by atoms with E-state index in [-0.39, 0.29) is 24.0 Å². The summed E-state index contributed by atoms with van der Waals surface area (Å²) in [5.41, 5.74) is 1.38. The van der Waals surface area contributed by atoms with E-state index >= 15 is 0 Å². The Kier molecular flexibility index (Phi) is 7.95. The van der Waals surface area contributed by atoms with E-state index in [2.05, 4.69) is 22.5 Å². The first kappa shape index (κ1) is 20.4. The van der Waals surface area contributed by atoms with Gasteiger partial charge in [-0.25, -0.2) is 9.98 Å². The summed E-state index contributed by atoms with van der Waals surface area (Å²) in [6.07, 6.45) is 9.07. The van der Waals surface area contributed by atoms with Gasteiger partial charge in [-0.15, -0.1) is 35.3 Å². The highest BCUT2D eigenvalue weighted by Gasteiger charge is 2.36. The second-order valence-electron chi connectivity index (χ2n) is 6.47. The number of hydrogen-bond donors (Lipinski definition) is 2. The van der Waals surface area contributed by atoms with E-state index in [0.717, 1.165) is 42.7 Å². The minimum absolute atomic E-state index is 0. The molecule has 1 saturated carbocycles. The van der Waals surface area contributed by atoms with E-state index in [1.54, 1.807) is 18.4 Å². The van der Waals surface area contributed by atoms with Crippen molar-refractivity contribution < 1.29 is 4.74 Å². The molecule has 1 aliphatic carbocycles. The van der Waals surface area contributed by atoms with Crippen molar-refractivity contribution in [1.82, 2.24) is 20.0 Å². The number of methoxy groups -OCH3 is 1. The average molecular weight is 477 g/mol. The molecule has 0 aromatic carbocycles. The van der Waals surface area contributed by atoms with E-state index < -0.39 is 0 Å². The first-order chi connectivity index (χ1) is 11.7. The van der Waals surface area contributed by atoms with Gasteiger partial charge in [0, 0.05) is 44.6 Å². The number of hydrogen-bond acceptors (Lipinski definition) is 4. The molecule has 2 aromatic rings. The van der Waals surface area contributed by atoms with Gasteiger partial charge in [-0.1, -0.05) is 6.42 Å². The lowest BCUT2D eigenvalue weighted by Crippen LogP contribution is -2.46. The van der Waals surface area contributed by atoms with Crippen molar-refractivity contribution >= 4 is 46.2 Å². The lowest BCUT2D eigenvalue weighted by molar-refractivity contribution is 0.0732. The molecule has 140 valence electrons. The van der Waals surface area contributed by atoms with Crippen LogP contribution in [0.4, 0.5) is 0 Å². The zero-order valence-electron chi connectivity index (χ0n) is 15.0. The van der Waals surface area contributed by atoms with Gasteiger partial charge in [-0.2, -0.15) is 0 Å². The number of aliphatic imine (C=N–C) groups is 1. The second kappa shape index (κ2) is 9.72. The van der Waals surface area contributed by atoms with Crippen LogP contribution in [0.1, 0.15) is 38.3 Å². The second-order valence-corrected chi connectivity index (χ2v) is 7.34. The van der Waals surface area contributed by atoms with Crippen molar-refractivity contribution in [2.45, 2.75) is 39.2 Å². The van der Waals surface area contributed by atoms with Crippen LogP contribution in [0.2, 0.25) is 0 Å². The fourth-order valence-corrected chi connectivity index (χ4v) is 3.85. The van der Waals surface area contributed by atoms with Crippen LogP contribution in [0.3, 0.4) is 0 Å². The van der Waals surface area contributed by atoms with Gasteiger partial charge in [0.15, 0.2) is 10.9 Å². The molecule has 8 heteroatoms. The van der Waals surface area contributed by atoms with Gasteiger partial charge >= 0.3 is 0 Å². The Morgan fingerprint density at radius 3 is 2.92 bits per heavy atom. The van der Waals surface area contributed by atoms with Crippen LogP contribution in [0.25, 0.3) is 4.96 Å². The number of aromatic nitrogens is 2. The van der Waals surface area contributed by atoms with Gasteiger partial charge in [-0.05, 0) is 31.6 Å². The molecule has 0 saturated heterocycles. The molecule has 2 aromatic heterocycles. The summed E-state index contributed by atoms with van der Waals surface area (Å²) in [7, 11) is 1.78. The highest BCUT2D eigenvalue weighted by molar-refractivity contribution is 14.0. The maximum atomic E-state index is 5.27. The average Bonchev–Trinajstić information content (AvgIpc) is 3.12. The summed E-state index contributed by atoms with van der Waals surface area (Å²) in [5.74, 6) is 0.873. The van der Waals surface area contributed by atoms with Gasteiger partial charge in [0.1, 0.15) is 0 Å². The minimum atomic E-state index is 0. The van der Waals surface area contributed by atoms with Crippen LogP contribution in [0.15, 0.2) is 22.8 Å². The van der Waals surface area contributed by atoms with Crippen molar-refractivity contribution in [1.29, 1.82) is 0 Å². The summed E-state index contributed by atoms with van der Waals surface area (Å²) in [5, 5.41) is 8.90. The Hall–Kier alpha value is -0.870. The zero-order valence-corrected chi connectivity index (χ0v) is 18.1. The van der Waals surface area contributed by atoms with Crippen molar-refractivity contribution in [3.05, 3.63) is 23.5 Å². The van der Waals surface area contributed by atoms with Gasteiger partial charge < -0.3 is 15.4 Å². The largest absolute Gasteiger partial charge is 0.385 e. The molecule has 0 bridgehead atoms. The fraction of sp³-hybridized carbons (Fsp3) is 0.647. The molecule has 2 N–H and O–H groups in total. The van der Waals surface area contributed by atoms with Gasteiger partial charge in [0.05, 0.1) is 12.2 Å². The quantitative estimate of drug-likeness (QED) is 0.348. The van der Waals surface area contributed by atoms with Gasteiger partial charge in [0.2, 0.25) is 0 Å². The molecule has 6 nitrogen and oxygen atoms in total. The third-order valence-electron chi connectivity index (χ3n) is 4.77. The number of halogens is 1. The molecule has 0 unspecified atom stereocenters. The Morgan fingerprint density at radius 1 is 1.44 bits per heavy atom. The number of imidazole rings is 1.